The first kappa shape index (κ1) is 8.26. The minimum atomic E-state index is 0.682. The van der Waals surface area contributed by atoms with Gasteiger partial charge in [-0.25, -0.2) is 4.98 Å². The van der Waals surface area contributed by atoms with Crippen LogP contribution in [0.25, 0.3) is 11.0 Å². The molecule has 2 aromatic rings. The summed E-state index contributed by atoms with van der Waals surface area (Å²) in [5, 5.41) is 1.23. The summed E-state index contributed by atoms with van der Waals surface area (Å²) in [5.74, 6) is 0. The van der Waals surface area contributed by atoms with E-state index in [2.05, 4.69) is 16.9 Å². The largest absolute Gasteiger partial charge is 0.346 e. The van der Waals surface area contributed by atoms with Gasteiger partial charge >= 0.3 is 0 Å². The fraction of sp³-hybridized carbons (Fsp3) is 0.300. The van der Waals surface area contributed by atoms with Crippen LogP contribution in [0.15, 0.2) is 18.5 Å². The van der Waals surface area contributed by atoms with Gasteiger partial charge < -0.3 is 10.7 Å². The molecule has 0 saturated carbocycles. The molecule has 68 valence electrons. The standard InChI is InChI=1S/C10H13N3/c1-7-3-5-12-10-9(7)8(2-4-11)6-13-10/h3,5-6H,2,4,11H2,1H3,(H,12,13). The smallest absolute Gasteiger partial charge is 0.137 e. The number of nitrogens with one attached hydrogen (secondary N) is 1. The monoisotopic (exact) mass is 175 g/mol. The zero-order valence-electron chi connectivity index (χ0n) is 7.67. The van der Waals surface area contributed by atoms with E-state index in [1.165, 1.54) is 16.5 Å². The molecule has 3 N–H and O–H groups in total. The number of nitrogens with zero attached hydrogens (tertiary/aromatic N) is 1. The minimum Gasteiger partial charge on any atom is -0.346 e. The molecular weight excluding hydrogens is 162 g/mol. The molecule has 2 heterocycles. The number of aromatic nitrogens is 2. The predicted molar refractivity (Wildman–Crippen MR) is 53.6 cm³/mol. The Labute approximate surface area is 77.0 Å². The van der Waals surface area contributed by atoms with E-state index >= 15 is 0 Å². The zero-order valence-corrected chi connectivity index (χ0v) is 7.67. The molecular formula is C10H13N3. The summed E-state index contributed by atoms with van der Waals surface area (Å²) in [5.41, 5.74) is 9.01. The van der Waals surface area contributed by atoms with Gasteiger partial charge in [-0.2, -0.15) is 0 Å². The zero-order chi connectivity index (χ0) is 9.26. The van der Waals surface area contributed by atoms with Crippen LogP contribution in [-0.2, 0) is 6.42 Å². The van der Waals surface area contributed by atoms with Gasteiger partial charge in [0.2, 0.25) is 0 Å². The van der Waals surface area contributed by atoms with Gasteiger partial charge in [0.25, 0.3) is 0 Å². The Morgan fingerprint density at radius 1 is 1.54 bits per heavy atom. The first-order valence-corrected chi connectivity index (χ1v) is 4.44. The Hall–Kier alpha value is -1.35. The topological polar surface area (TPSA) is 54.7 Å². The Bertz CT molecular complexity index is 417. The molecule has 3 nitrogen and oxygen atoms in total. The van der Waals surface area contributed by atoms with Gasteiger partial charge in [0.05, 0.1) is 0 Å². The van der Waals surface area contributed by atoms with Crippen LogP contribution < -0.4 is 5.73 Å². The van der Waals surface area contributed by atoms with Crippen LogP contribution in [0.2, 0.25) is 0 Å². The van der Waals surface area contributed by atoms with Crippen LogP contribution in [0.5, 0.6) is 0 Å². The molecule has 0 amide bonds. The van der Waals surface area contributed by atoms with Gasteiger partial charge in [-0.1, -0.05) is 0 Å². The van der Waals surface area contributed by atoms with Gasteiger partial charge in [-0.3, -0.25) is 0 Å². The fourth-order valence-corrected chi connectivity index (χ4v) is 1.65. The molecule has 0 aliphatic rings. The van der Waals surface area contributed by atoms with Crippen molar-refractivity contribution in [2.75, 3.05) is 6.54 Å². The summed E-state index contributed by atoms with van der Waals surface area (Å²) >= 11 is 0. The molecule has 0 saturated heterocycles. The van der Waals surface area contributed by atoms with Crippen molar-refractivity contribution in [3.8, 4) is 0 Å². The Morgan fingerprint density at radius 2 is 2.38 bits per heavy atom. The van der Waals surface area contributed by atoms with Crippen LogP contribution in [0, 0.1) is 6.92 Å². The second-order valence-electron chi connectivity index (χ2n) is 3.20. The summed E-state index contributed by atoms with van der Waals surface area (Å²) in [6.07, 6.45) is 4.73. The predicted octanol–water partition coefficient (Wildman–Crippen LogP) is 1.37. The maximum Gasteiger partial charge on any atom is 0.137 e. The van der Waals surface area contributed by atoms with Crippen LogP contribution in [0.3, 0.4) is 0 Å². The van der Waals surface area contributed by atoms with Gasteiger partial charge in [-0.05, 0) is 37.1 Å². The normalized spacial score (nSPS) is 10.9. The molecule has 2 rings (SSSR count). The average Bonchev–Trinajstić information content (AvgIpc) is 2.51. The lowest BCUT2D eigenvalue weighted by molar-refractivity contribution is 0.976. The molecule has 0 spiro atoms. The number of aryl methyl sites for hydroxylation is 1. The molecule has 0 radical (unpaired) electrons. The highest BCUT2D eigenvalue weighted by Gasteiger charge is 2.05. The minimum absolute atomic E-state index is 0.682. The van der Waals surface area contributed by atoms with E-state index in [1.54, 1.807) is 0 Å². The van der Waals surface area contributed by atoms with Gasteiger partial charge in [-0.15, -0.1) is 0 Å². The molecule has 3 heteroatoms. The number of hydrogen-bond acceptors (Lipinski definition) is 2. The molecule has 2 aromatic heterocycles. The third-order valence-corrected chi connectivity index (χ3v) is 2.28. The SMILES string of the molecule is Cc1ccnc2[nH]cc(CCN)c12. The highest BCUT2D eigenvalue weighted by Crippen LogP contribution is 2.19. The number of pyridine rings is 1. The summed E-state index contributed by atoms with van der Waals surface area (Å²) < 4.78 is 0. The number of H-pyrrole nitrogens is 1. The Balaban J connectivity index is 2.64. The van der Waals surface area contributed by atoms with Crippen LogP contribution >= 0.6 is 0 Å². The number of hydrogen-bond donors (Lipinski definition) is 2. The van der Waals surface area contributed by atoms with Crippen molar-refractivity contribution in [1.82, 2.24) is 9.97 Å². The maximum atomic E-state index is 5.53. The molecule has 13 heavy (non-hydrogen) atoms. The van der Waals surface area contributed by atoms with E-state index < -0.39 is 0 Å². The lowest BCUT2D eigenvalue weighted by atomic mass is 10.1. The van der Waals surface area contributed by atoms with E-state index in [9.17, 15) is 0 Å². The highest BCUT2D eigenvalue weighted by atomic mass is 14.8. The van der Waals surface area contributed by atoms with E-state index in [1.807, 2.05) is 18.5 Å². The molecule has 0 aliphatic heterocycles. The number of aromatic amines is 1. The lowest BCUT2D eigenvalue weighted by Crippen LogP contribution is -2.02. The third-order valence-electron chi connectivity index (χ3n) is 2.28. The van der Waals surface area contributed by atoms with Crippen molar-refractivity contribution < 1.29 is 0 Å². The summed E-state index contributed by atoms with van der Waals surface area (Å²) in [6.45, 7) is 2.78. The summed E-state index contributed by atoms with van der Waals surface area (Å²) in [6, 6.07) is 2.02. The maximum absolute atomic E-state index is 5.53. The summed E-state index contributed by atoms with van der Waals surface area (Å²) in [7, 11) is 0. The van der Waals surface area contributed by atoms with Gasteiger partial charge in [0.15, 0.2) is 0 Å². The van der Waals surface area contributed by atoms with Crippen molar-refractivity contribution >= 4 is 11.0 Å². The van der Waals surface area contributed by atoms with Gasteiger partial charge in [0, 0.05) is 17.8 Å². The van der Waals surface area contributed by atoms with Crippen molar-refractivity contribution in [3.05, 3.63) is 29.6 Å². The molecule has 0 aromatic carbocycles. The van der Waals surface area contributed by atoms with Crippen LogP contribution in [0.4, 0.5) is 0 Å². The molecule has 0 fully saturated rings. The number of nitrogens with two attached hydrogens (primary N) is 1. The van der Waals surface area contributed by atoms with E-state index in [0.29, 0.717) is 6.54 Å². The molecule has 0 atom stereocenters. The van der Waals surface area contributed by atoms with Gasteiger partial charge in [0.1, 0.15) is 5.65 Å². The second kappa shape index (κ2) is 3.18. The van der Waals surface area contributed by atoms with Crippen molar-refractivity contribution in [2.24, 2.45) is 5.73 Å². The second-order valence-corrected chi connectivity index (χ2v) is 3.20. The summed E-state index contributed by atoms with van der Waals surface area (Å²) in [4.78, 5) is 7.40. The first-order chi connectivity index (χ1) is 6.33. The molecule has 0 aliphatic carbocycles. The third kappa shape index (κ3) is 1.31. The van der Waals surface area contributed by atoms with E-state index in [0.717, 1.165) is 12.1 Å². The first-order valence-electron chi connectivity index (χ1n) is 4.44. The van der Waals surface area contributed by atoms with Crippen LogP contribution in [-0.4, -0.2) is 16.5 Å². The fourth-order valence-electron chi connectivity index (χ4n) is 1.65. The Morgan fingerprint density at radius 3 is 3.15 bits per heavy atom. The lowest BCUT2D eigenvalue weighted by Gasteiger charge is -1.98. The Kier molecular flexibility index (Phi) is 2.02. The highest BCUT2D eigenvalue weighted by molar-refractivity contribution is 5.83. The van der Waals surface area contributed by atoms with E-state index in [-0.39, 0.29) is 0 Å². The number of fused-ring (bicyclic) bond motifs is 1. The number of rotatable bonds is 2. The molecule has 0 bridgehead atoms. The van der Waals surface area contributed by atoms with Crippen molar-refractivity contribution in [3.63, 3.8) is 0 Å². The van der Waals surface area contributed by atoms with Crippen molar-refractivity contribution in [1.29, 1.82) is 0 Å². The van der Waals surface area contributed by atoms with Crippen LogP contribution in [0.1, 0.15) is 11.1 Å². The van der Waals surface area contributed by atoms with Crippen molar-refractivity contribution in [2.45, 2.75) is 13.3 Å². The average molecular weight is 175 g/mol. The quantitative estimate of drug-likeness (QED) is 0.724. The van der Waals surface area contributed by atoms with E-state index in [4.69, 9.17) is 5.73 Å². The molecule has 0 unspecified atom stereocenters.